The fourth-order valence-electron chi connectivity index (χ4n) is 12.8. The number of aryl methyl sites for hydroxylation is 2. The molecule has 2 aliphatic heterocycles. The second-order valence-electron chi connectivity index (χ2n) is 23.9. The van der Waals surface area contributed by atoms with Crippen LogP contribution >= 0.6 is 0 Å². The minimum Gasteiger partial charge on any atom is -0.311 e. The Bertz CT molecular complexity index is 3240. The van der Waals surface area contributed by atoms with Crippen molar-refractivity contribution in [2.75, 3.05) is 9.80 Å². The van der Waals surface area contributed by atoms with Gasteiger partial charge in [0.1, 0.15) is 0 Å². The highest BCUT2D eigenvalue weighted by atomic mass is 15.2. The third-order valence-electron chi connectivity index (χ3n) is 16.3. The molecule has 332 valence electrons. The Morgan fingerprint density at radius 3 is 1.64 bits per heavy atom. The van der Waals surface area contributed by atoms with E-state index in [1.807, 2.05) is 12.1 Å². The Morgan fingerprint density at radius 1 is 0.485 bits per heavy atom. The van der Waals surface area contributed by atoms with E-state index in [4.69, 9.17) is 0 Å². The lowest BCUT2D eigenvalue weighted by Crippen LogP contribution is -2.61. The molecule has 0 radical (unpaired) electrons. The lowest BCUT2D eigenvalue weighted by Gasteiger charge is -2.47. The molecule has 66 heavy (non-hydrogen) atoms. The predicted molar refractivity (Wildman–Crippen MR) is 285 cm³/mol. The molecule has 0 bridgehead atoms. The molecule has 0 atom stereocenters. The molecule has 0 amide bonds. The topological polar surface area (TPSA) is 6.48 Å². The molecule has 0 saturated carbocycles. The van der Waals surface area contributed by atoms with Crippen molar-refractivity contribution in [2.45, 2.75) is 136 Å². The van der Waals surface area contributed by atoms with Crippen LogP contribution in [0.1, 0.15) is 138 Å². The standard InChI is InChI=1S/C63H67BN2/c1-39-30-56-58-57(31-39)66(54-36-48-46(32-40(54)2)60(6,7)28-29-61(48,8)9)53-26-24-43(41-20-16-14-17-21-41)33-50(53)64(58)51-35-47-49(63(12,13)38-62(47,10)11)37-55(51)65(56)52-27-25-44(59(3,4)5)34-45(52)42-22-18-15-19-23-42/h14-27,30-37H,28-29,38H2,1-13H3/i1D3. The van der Waals surface area contributed by atoms with Gasteiger partial charge in [-0.3, -0.25) is 0 Å². The van der Waals surface area contributed by atoms with Gasteiger partial charge in [-0.25, -0.2) is 0 Å². The van der Waals surface area contributed by atoms with Gasteiger partial charge in [-0.2, -0.15) is 0 Å². The van der Waals surface area contributed by atoms with Crippen molar-refractivity contribution in [2.24, 2.45) is 0 Å². The van der Waals surface area contributed by atoms with Crippen molar-refractivity contribution in [1.29, 1.82) is 0 Å². The van der Waals surface area contributed by atoms with Crippen LogP contribution in [0.25, 0.3) is 22.3 Å². The predicted octanol–water partition coefficient (Wildman–Crippen LogP) is 15.3. The molecule has 2 aliphatic carbocycles. The van der Waals surface area contributed by atoms with E-state index in [0.717, 1.165) is 70.0 Å². The summed E-state index contributed by atoms with van der Waals surface area (Å²) in [5, 5.41) is 0. The Balaban J connectivity index is 1.31. The summed E-state index contributed by atoms with van der Waals surface area (Å²) in [7, 11) is 0. The molecular formula is C63H67BN2. The number of nitrogens with zero attached hydrogens (tertiary/aromatic N) is 2. The van der Waals surface area contributed by atoms with E-state index < -0.39 is 6.85 Å². The minimum absolute atomic E-state index is 0.0324. The first-order chi connectivity index (χ1) is 32.4. The van der Waals surface area contributed by atoms with Crippen LogP contribution in [0.2, 0.25) is 0 Å². The molecule has 3 heteroatoms. The van der Waals surface area contributed by atoms with E-state index >= 15 is 0 Å². The molecule has 2 heterocycles. The molecule has 7 aromatic rings. The molecule has 7 aromatic carbocycles. The van der Waals surface area contributed by atoms with Crippen molar-refractivity contribution < 1.29 is 4.11 Å². The van der Waals surface area contributed by atoms with Gasteiger partial charge in [0.05, 0.1) is 5.69 Å². The zero-order valence-electron chi connectivity index (χ0n) is 44.3. The van der Waals surface area contributed by atoms with E-state index in [-0.39, 0.29) is 33.8 Å². The fraction of sp³-hybridized carbons (Fsp3) is 0.333. The maximum atomic E-state index is 9.21. The molecule has 0 spiro atoms. The normalized spacial score (nSPS) is 18.8. The number of anilines is 6. The fourth-order valence-corrected chi connectivity index (χ4v) is 12.8. The maximum absolute atomic E-state index is 9.21. The number of benzene rings is 7. The van der Waals surface area contributed by atoms with Crippen molar-refractivity contribution >= 4 is 57.2 Å². The Labute approximate surface area is 400 Å². The van der Waals surface area contributed by atoms with Crippen LogP contribution in [0.15, 0.2) is 133 Å². The second-order valence-corrected chi connectivity index (χ2v) is 23.9. The summed E-state index contributed by atoms with van der Waals surface area (Å²) in [4.78, 5) is 4.91. The van der Waals surface area contributed by atoms with E-state index in [1.165, 1.54) is 55.4 Å². The zero-order chi connectivity index (χ0) is 49.0. The Hall–Kier alpha value is -5.80. The first-order valence-electron chi connectivity index (χ1n) is 25.9. The average Bonchev–Trinajstić information content (AvgIpc) is 3.48. The van der Waals surface area contributed by atoms with Gasteiger partial charge >= 0.3 is 0 Å². The molecule has 0 saturated heterocycles. The van der Waals surface area contributed by atoms with Gasteiger partial charge in [0.25, 0.3) is 6.71 Å². The highest BCUT2D eigenvalue weighted by molar-refractivity contribution is 7.00. The lowest BCUT2D eigenvalue weighted by atomic mass is 9.33. The summed E-state index contributed by atoms with van der Waals surface area (Å²) in [5.74, 6) is 0. The number of hydrogen-bond donors (Lipinski definition) is 0. The first kappa shape index (κ1) is 39.4. The summed E-state index contributed by atoms with van der Waals surface area (Å²) in [6.45, 7) is 25.7. The number of fused-ring (bicyclic) bond motifs is 6. The number of hydrogen-bond acceptors (Lipinski definition) is 2. The summed E-state index contributed by atoms with van der Waals surface area (Å²) >= 11 is 0. The van der Waals surface area contributed by atoms with Gasteiger partial charge in [-0.05, 0) is 175 Å². The van der Waals surface area contributed by atoms with Crippen LogP contribution in [0.4, 0.5) is 34.1 Å². The molecule has 0 fully saturated rings. The SMILES string of the molecule is [2H]C([2H])([2H])c1cc2c3c(c1)N(c1ccc(C(C)(C)C)cc1-c1ccccc1)c1cc4c(cc1B3c1cc(-c3ccccc3)ccc1N2c1cc2c(cc1C)C(C)(C)CCC2(C)C)C(C)(C)CC4(C)C. The molecule has 11 rings (SSSR count). The van der Waals surface area contributed by atoms with Gasteiger partial charge < -0.3 is 9.80 Å². The molecular weight excluding hydrogens is 796 g/mol. The maximum Gasteiger partial charge on any atom is 0.252 e. The highest BCUT2D eigenvalue weighted by Crippen LogP contribution is 2.55. The first-order valence-corrected chi connectivity index (χ1v) is 24.4. The van der Waals surface area contributed by atoms with E-state index in [0.29, 0.717) is 5.56 Å². The van der Waals surface area contributed by atoms with Gasteiger partial charge in [-0.15, -0.1) is 0 Å². The largest absolute Gasteiger partial charge is 0.311 e. The molecule has 0 unspecified atom stereocenters. The Kier molecular flexibility index (Phi) is 8.57. The summed E-state index contributed by atoms with van der Waals surface area (Å²) < 4.78 is 27.6. The van der Waals surface area contributed by atoms with Crippen molar-refractivity contribution in [3.05, 3.63) is 172 Å². The quantitative estimate of drug-likeness (QED) is 0.163. The highest BCUT2D eigenvalue weighted by Gasteiger charge is 2.49. The van der Waals surface area contributed by atoms with Crippen LogP contribution in [0.3, 0.4) is 0 Å². The van der Waals surface area contributed by atoms with Gasteiger partial charge in [0, 0.05) is 38.1 Å². The molecule has 4 aliphatic rings. The van der Waals surface area contributed by atoms with E-state index in [1.54, 1.807) is 0 Å². The van der Waals surface area contributed by atoms with E-state index in [9.17, 15) is 4.11 Å². The average molecular weight is 866 g/mol. The van der Waals surface area contributed by atoms with Gasteiger partial charge in [0.2, 0.25) is 0 Å². The van der Waals surface area contributed by atoms with Crippen LogP contribution < -0.4 is 26.2 Å². The van der Waals surface area contributed by atoms with Crippen molar-refractivity contribution in [3.63, 3.8) is 0 Å². The molecule has 2 nitrogen and oxygen atoms in total. The zero-order valence-corrected chi connectivity index (χ0v) is 41.3. The third-order valence-corrected chi connectivity index (χ3v) is 16.3. The second kappa shape index (κ2) is 14.4. The summed E-state index contributed by atoms with van der Waals surface area (Å²) in [5.41, 5.74) is 22.5. The number of rotatable bonds is 4. The lowest BCUT2D eigenvalue weighted by molar-refractivity contribution is 0.332. The van der Waals surface area contributed by atoms with Gasteiger partial charge in [0.15, 0.2) is 0 Å². The van der Waals surface area contributed by atoms with Crippen molar-refractivity contribution in [1.82, 2.24) is 0 Å². The third kappa shape index (κ3) is 6.50. The van der Waals surface area contributed by atoms with Crippen LogP contribution in [-0.4, -0.2) is 6.71 Å². The molecule has 0 aromatic heterocycles. The summed E-state index contributed by atoms with van der Waals surface area (Å²) in [6.07, 6.45) is 3.26. The van der Waals surface area contributed by atoms with Crippen LogP contribution in [0.5, 0.6) is 0 Å². The minimum atomic E-state index is -2.38. The monoisotopic (exact) mass is 866 g/mol. The molecule has 0 N–H and O–H groups in total. The van der Waals surface area contributed by atoms with E-state index in [2.05, 4.69) is 214 Å². The summed E-state index contributed by atoms with van der Waals surface area (Å²) in [6, 6.07) is 49.6. The van der Waals surface area contributed by atoms with Gasteiger partial charge in [-0.1, -0.05) is 167 Å². The van der Waals surface area contributed by atoms with Crippen molar-refractivity contribution in [3.8, 4) is 22.3 Å². The Morgan fingerprint density at radius 2 is 1.02 bits per heavy atom. The van der Waals surface area contributed by atoms with Crippen LogP contribution in [-0.2, 0) is 27.1 Å². The van der Waals surface area contributed by atoms with Crippen LogP contribution in [0, 0.1) is 13.8 Å². The smallest absolute Gasteiger partial charge is 0.252 e.